The Kier molecular flexibility index (Phi) is 1.87. The third kappa shape index (κ3) is 1.41. The molecule has 2 fully saturated rings. The minimum atomic E-state index is -0.104. The molecule has 0 radical (unpaired) electrons. The van der Waals surface area contributed by atoms with Crippen molar-refractivity contribution in [1.82, 2.24) is 10.6 Å². The van der Waals surface area contributed by atoms with Gasteiger partial charge in [-0.3, -0.25) is 0 Å². The first-order chi connectivity index (χ1) is 5.31. The molecule has 0 saturated carbocycles. The van der Waals surface area contributed by atoms with Gasteiger partial charge in [-0.15, -0.1) is 0 Å². The fraction of sp³-hybridized carbons (Fsp3) is 1.00. The zero-order valence-corrected chi connectivity index (χ0v) is 6.77. The van der Waals surface area contributed by atoms with Crippen LogP contribution >= 0.6 is 0 Å². The summed E-state index contributed by atoms with van der Waals surface area (Å²) in [6.07, 6.45) is 3.19. The zero-order valence-electron chi connectivity index (χ0n) is 6.77. The second-order valence-corrected chi connectivity index (χ2v) is 3.77. The lowest BCUT2D eigenvalue weighted by Gasteiger charge is -2.33. The van der Waals surface area contributed by atoms with Crippen molar-refractivity contribution in [3.05, 3.63) is 0 Å². The van der Waals surface area contributed by atoms with Crippen LogP contribution in [0.25, 0.3) is 0 Å². The molecule has 1 atom stereocenters. The Labute approximate surface area is 67.2 Å². The summed E-state index contributed by atoms with van der Waals surface area (Å²) >= 11 is 0. The second kappa shape index (κ2) is 2.73. The quantitative estimate of drug-likeness (QED) is 0.441. The molecule has 1 spiro atoms. The highest BCUT2D eigenvalue weighted by Gasteiger charge is 2.38. The summed E-state index contributed by atoms with van der Waals surface area (Å²) in [5, 5.41) is 16.1. The molecule has 0 aromatic heterocycles. The topological polar surface area (TPSA) is 44.3 Å². The van der Waals surface area contributed by atoms with Gasteiger partial charge in [0, 0.05) is 12.1 Å². The van der Waals surface area contributed by atoms with Gasteiger partial charge in [-0.1, -0.05) is 0 Å². The number of aliphatic hydroxyl groups excluding tert-OH is 1. The third-order valence-corrected chi connectivity index (χ3v) is 2.90. The summed E-state index contributed by atoms with van der Waals surface area (Å²) in [5.74, 6) is 0. The Bertz CT molecular complexity index is 138. The van der Waals surface area contributed by atoms with Gasteiger partial charge in [-0.05, 0) is 32.4 Å². The van der Waals surface area contributed by atoms with Gasteiger partial charge in [0.05, 0.1) is 6.10 Å². The molecule has 0 aromatic carbocycles. The van der Waals surface area contributed by atoms with E-state index in [0.29, 0.717) is 0 Å². The lowest BCUT2D eigenvalue weighted by atomic mass is 9.87. The van der Waals surface area contributed by atoms with Crippen LogP contribution in [0.1, 0.15) is 19.3 Å². The number of aliphatic hydroxyl groups is 1. The van der Waals surface area contributed by atoms with Crippen molar-refractivity contribution >= 4 is 0 Å². The molecule has 0 aliphatic carbocycles. The highest BCUT2D eigenvalue weighted by Crippen LogP contribution is 2.28. The Morgan fingerprint density at radius 2 is 2.00 bits per heavy atom. The highest BCUT2D eigenvalue weighted by molar-refractivity contribution is 4.99. The minimum absolute atomic E-state index is 0.104. The van der Waals surface area contributed by atoms with Crippen LogP contribution in [0.15, 0.2) is 0 Å². The molecule has 3 nitrogen and oxygen atoms in total. The van der Waals surface area contributed by atoms with Crippen LogP contribution in [0.4, 0.5) is 0 Å². The smallest absolute Gasteiger partial charge is 0.0682 e. The van der Waals surface area contributed by atoms with E-state index in [2.05, 4.69) is 10.6 Å². The number of nitrogens with one attached hydrogen (secondary N) is 2. The summed E-state index contributed by atoms with van der Waals surface area (Å²) in [5.41, 5.74) is 0.282. The molecule has 3 N–H and O–H groups in total. The first kappa shape index (κ1) is 7.53. The molecule has 11 heavy (non-hydrogen) atoms. The van der Waals surface area contributed by atoms with Crippen molar-refractivity contribution < 1.29 is 5.11 Å². The summed E-state index contributed by atoms with van der Waals surface area (Å²) in [6.45, 7) is 2.99. The van der Waals surface area contributed by atoms with Crippen LogP contribution in [0.3, 0.4) is 0 Å². The van der Waals surface area contributed by atoms with Crippen molar-refractivity contribution in [2.24, 2.45) is 0 Å². The summed E-state index contributed by atoms with van der Waals surface area (Å²) in [7, 11) is 0. The van der Waals surface area contributed by atoms with E-state index in [1.54, 1.807) is 0 Å². The largest absolute Gasteiger partial charge is 0.392 e. The zero-order chi connectivity index (χ0) is 7.73. The van der Waals surface area contributed by atoms with E-state index in [9.17, 15) is 5.11 Å². The summed E-state index contributed by atoms with van der Waals surface area (Å²) < 4.78 is 0. The maximum Gasteiger partial charge on any atom is 0.0682 e. The summed E-state index contributed by atoms with van der Waals surface area (Å²) in [6, 6.07) is 0. The minimum Gasteiger partial charge on any atom is -0.392 e. The van der Waals surface area contributed by atoms with Crippen molar-refractivity contribution in [3.63, 3.8) is 0 Å². The lowest BCUT2D eigenvalue weighted by molar-refractivity contribution is 0.175. The molecule has 0 aromatic rings. The normalized spacial score (nSPS) is 36.3. The first-order valence-electron chi connectivity index (χ1n) is 4.45. The lowest BCUT2D eigenvalue weighted by Crippen LogP contribution is -2.48. The van der Waals surface area contributed by atoms with Gasteiger partial charge in [0.2, 0.25) is 0 Å². The average molecular weight is 156 g/mol. The molecule has 2 aliphatic heterocycles. The Morgan fingerprint density at radius 3 is 2.55 bits per heavy atom. The molecule has 64 valence electrons. The predicted molar refractivity (Wildman–Crippen MR) is 43.5 cm³/mol. The molecule has 2 aliphatic rings. The highest BCUT2D eigenvalue weighted by atomic mass is 16.3. The molecular formula is C8H16N2O. The van der Waals surface area contributed by atoms with Crippen LogP contribution < -0.4 is 10.6 Å². The molecule has 2 rings (SSSR count). The van der Waals surface area contributed by atoms with E-state index in [1.807, 2.05) is 0 Å². The van der Waals surface area contributed by atoms with Gasteiger partial charge >= 0.3 is 0 Å². The van der Waals surface area contributed by atoms with E-state index < -0.39 is 0 Å². The fourth-order valence-electron chi connectivity index (χ4n) is 2.22. The Morgan fingerprint density at radius 1 is 1.27 bits per heavy atom. The monoisotopic (exact) mass is 156 g/mol. The first-order valence-corrected chi connectivity index (χ1v) is 4.45. The van der Waals surface area contributed by atoms with E-state index in [1.165, 1.54) is 12.8 Å². The average Bonchev–Trinajstić information content (AvgIpc) is 2.34. The molecule has 0 amide bonds. The number of hydrogen-bond donors (Lipinski definition) is 3. The van der Waals surface area contributed by atoms with Gasteiger partial charge < -0.3 is 15.7 Å². The van der Waals surface area contributed by atoms with Crippen molar-refractivity contribution in [1.29, 1.82) is 0 Å². The van der Waals surface area contributed by atoms with Gasteiger partial charge in [0.1, 0.15) is 0 Å². The third-order valence-electron chi connectivity index (χ3n) is 2.90. The van der Waals surface area contributed by atoms with E-state index in [4.69, 9.17) is 0 Å². The van der Waals surface area contributed by atoms with Crippen LogP contribution in [0.5, 0.6) is 0 Å². The van der Waals surface area contributed by atoms with Crippen LogP contribution in [-0.2, 0) is 0 Å². The van der Waals surface area contributed by atoms with Gasteiger partial charge in [0.15, 0.2) is 0 Å². The molecule has 1 unspecified atom stereocenters. The summed E-state index contributed by atoms with van der Waals surface area (Å²) in [4.78, 5) is 0. The number of hydrogen-bond acceptors (Lipinski definition) is 3. The van der Waals surface area contributed by atoms with Crippen molar-refractivity contribution in [2.75, 3.05) is 19.6 Å². The van der Waals surface area contributed by atoms with Crippen LogP contribution in [0, 0.1) is 0 Å². The van der Waals surface area contributed by atoms with E-state index in [0.717, 1.165) is 26.1 Å². The number of β-amino-alcohol motifs (C(OH)–C–C–N with tert-alkyl or cyclic N) is 1. The molecule has 0 bridgehead atoms. The van der Waals surface area contributed by atoms with Crippen LogP contribution in [0.2, 0.25) is 0 Å². The Hall–Kier alpha value is -0.120. The number of rotatable bonds is 0. The van der Waals surface area contributed by atoms with Crippen LogP contribution in [-0.4, -0.2) is 36.4 Å². The molecule has 2 saturated heterocycles. The molecule has 2 heterocycles. The van der Waals surface area contributed by atoms with Crippen molar-refractivity contribution in [2.45, 2.75) is 30.9 Å². The van der Waals surface area contributed by atoms with Crippen molar-refractivity contribution in [3.8, 4) is 0 Å². The Balaban J connectivity index is 1.98. The van der Waals surface area contributed by atoms with E-state index >= 15 is 0 Å². The van der Waals surface area contributed by atoms with Gasteiger partial charge in [0.25, 0.3) is 0 Å². The second-order valence-electron chi connectivity index (χ2n) is 3.77. The number of piperidine rings is 1. The maximum absolute atomic E-state index is 9.36. The molecular weight excluding hydrogens is 140 g/mol. The predicted octanol–water partition coefficient (Wildman–Crippen LogP) is -0.537. The maximum atomic E-state index is 9.36. The van der Waals surface area contributed by atoms with E-state index in [-0.39, 0.29) is 11.6 Å². The van der Waals surface area contributed by atoms with Gasteiger partial charge in [-0.25, -0.2) is 0 Å². The van der Waals surface area contributed by atoms with Gasteiger partial charge in [-0.2, -0.15) is 0 Å². The fourth-order valence-corrected chi connectivity index (χ4v) is 2.22. The standard InChI is InChI=1S/C8H16N2O/c11-7-5-8(10-6-7)1-3-9-4-2-8/h7,9-11H,1-6H2. The molecule has 3 heteroatoms. The SMILES string of the molecule is OC1CNC2(CCNCC2)C1.